The quantitative estimate of drug-likeness (QED) is 0.441. The summed E-state index contributed by atoms with van der Waals surface area (Å²) in [6, 6.07) is 10.8. The molecule has 0 bridgehead atoms. The van der Waals surface area contributed by atoms with E-state index < -0.39 is 0 Å². The van der Waals surface area contributed by atoms with Crippen LogP contribution in [0.4, 0.5) is 0 Å². The number of terminal acetylenes is 1. The number of aliphatic imine (C=N–C) groups is 2. The summed E-state index contributed by atoms with van der Waals surface area (Å²) >= 11 is 0. The van der Waals surface area contributed by atoms with Gasteiger partial charge in [0.1, 0.15) is 12.5 Å². The molecule has 2 N–H and O–H groups in total. The van der Waals surface area contributed by atoms with E-state index in [9.17, 15) is 4.79 Å². The Hall–Kier alpha value is -3.63. The minimum absolute atomic E-state index is 0.130. The second-order valence-corrected chi connectivity index (χ2v) is 10.9. The monoisotopic (exact) mass is 544 g/mol. The van der Waals surface area contributed by atoms with Crippen LogP contribution in [0.15, 0.2) is 75.8 Å². The van der Waals surface area contributed by atoms with Crippen molar-refractivity contribution in [2.45, 2.75) is 79.8 Å². The number of carbonyl (C=O) groups excluding carboxylic acids is 1. The zero-order valence-corrected chi connectivity index (χ0v) is 25.3. The van der Waals surface area contributed by atoms with Gasteiger partial charge in [-0.1, -0.05) is 94.8 Å². The van der Waals surface area contributed by atoms with Crippen LogP contribution in [0.25, 0.3) is 0 Å². The number of amides is 1. The number of amidine groups is 1. The molecular weight excluding hydrogens is 496 g/mol. The number of nitrogens with zero attached hydrogens (tertiary/aromatic N) is 4. The fourth-order valence-corrected chi connectivity index (χ4v) is 4.70. The van der Waals surface area contributed by atoms with Gasteiger partial charge in [0, 0.05) is 33.0 Å². The molecule has 0 saturated carbocycles. The number of piperidine rings is 1. The Bertz CT molecular complexity index is 1110. The van der Waals surface area contributed by atoms with Crippen LogP contribution in [0, 0.1) is 18.3 Å². The van der Waals surface area contributed by atoms with Gasteiger partial charge in [-0.2, -0.15) is 0 Å². The van der Waals surface area contributed by atoms with Crippen molar-refractivity contribution in [1.82, 2.24) is 20.7 Å². The maximum Gasteiger partial charge on any atom is 0.235 e. The second kappa shape index (κ2) is 16.5. The Balaban J connectivity index is 0.00000134. The van der Waals surface area contributed by atoms with Crippen LogP contribution in [0.1, 0.15) is 72.8 Å². The Labute approximate surface area is 242 Å². The lowest BCUT2D eigenvalue weighted by Crippen LogP contribution is -2.56. The van der Waals surface area contributed by atoms with Crippen molar-refractivity contribution in [3.63, 3.8) is 0 Å². The summed E-state index contributed by atoms with van der Waals surface area (Å²) in [7, 11) is 0. The number of guanidine groups is 1. The highest BCUT2D eigenvalue weighted by atomic mass is 16.2. The van der Waals surface area contributed by atoms with Crippen LogP contribution >= 0.6 is 0 Å². The van der Waals surface area contributed by atoms with E-state index in [0.29, 0.717) is 19.0 Å². The first kappa shape index (κ1) is 32.6. The van der Waals surface area contributed by atoms with E-state index in [1.807, 2.05) is 13.8 Å². The molecule has 2 aliphatic heterocycles. The van der Waals surface area contributed by atoms with Crippen LogP contribution in [-0.2, 0) is 11.3 Å². The second-order valence-electron chi connectivity index (χ2n) is 10.9. The zero-order chi connectivity index (χ0) is 29.5. The molecule has 1 aliphatic carbocycles. The number of rotatable bonds is 6. The van der Waals surface area contributed by atoms with Gasteiger partial charge in [0.05, 0.1) is 6.04 Å². The van der Waals surface area contributed by atoms with Crippen molar-refractivity contribution < 1.29 is 4.79 Å². The van der Waals surface area contributed by atoms with Crippen LogP contribution in [0.5, 0.6) is 0 Å². The minimum Gasteiger partial charge on any atom is -0.313 e. The number of allylic oxidation sites excluding steroid dienone is 5. The van der Waals surface area contributed by atoms with Gasteiger partial charge in [-0.3, -0.25) is 15.1 Å². The molecule has 3 aliphatic rings. The van der Waals surface area contributed by atoms with Gasteiger partial charge in [0.25, 0.3) is 0 Å². The van der Waals surface area contributed by atoms with E-state index in [4.69, 9.17) is 9.98 Å². The minimum atomic E-state index is -0.130. The summed E-state index contributed by atoms with van der Waals surface area (Å²) in [5.74, 6) is 1.43. The van der Waals surface area contributed by atoms with E-state index in [1.54, 1.807) is 5.01 Å². The van der Waals surface area contributed by atoms with E-state index in [-0.39, 0.29) is 17.4 Å². The van der Waals surface area contributed by atoms with Crippen molar-refractivity contribution in [3.8, 4) is 12.8 Å². The number of nitrogens with one attached hydrogen (secondary N) is 2. The zero-order valence-electron chi connectivity index (χ0n) is 25.3. The highest BCUT2D eigenvalue weighted by Gasteiger charge is 2.24. The maximum atomic E-state index is 11.8. The van der Waals surface area contributed by atoms with Crippen molar-refractivity contribution in [2.24, 2.45) is 15.4 Å². The third-order valence-corrected chi connectivity index (χ3v) is 6.82. The Morgan fingerprint density at radius 3 is 2.42 bits per heavy atom. The smallest absolute Gasteiger partial charge is 0.235 e. The van der Waals surface area contributed by atoms with Gasteiger partial charge >= 0.3 is 0 Å². The molecule has 1 aromatic rings. The first-order chi connectivity index (χ1) is 19.3. The van der Waals surface area contributed by atoms with E-state index in [1.165, 1.54) is 23.6 Å². The van der Waals surface area contributed by atoms with Crippen molar-refractivity contribution in [3.05, 3.63) is 71.3 Å². The third kappa shape index (κ3) is 10.5. The van der Waals surface area contributed by atoms with Crippen molar-refractivity contribution in [2.75, 3.05) is 19.8 Å². The average molecular weight is 545 g/mol. The molecular formula is C33H48N6O. The van der Waals surface area contributed by atoms with E-state index in [2.05, 4.69) is 104 Å². The molecule has 0 spiro atoms. The number of hydrazine groups is 1. The predicted octanol–water partition coefficient (Wildman–Crippen LogP) is 5.84. The molecule has 2 heterocycles. The first-order valence-corrected chi connectivity index (χ1v) is 14.4. The summed E-state index contributed by atoms with van der Waals surface area (Å²) in [6.45, 7) is 15.6. The van der Waals surface area contributed by atoms with Crippen LogP contribution in [0.3, 0.4) is 0 Å². The summed E-state index contributed by atoms with van der Waals surface area (Å²) in [6.07, 6.45) is 20.5. The van der Waals surface area contributed by atoms with E-state index >= 15 is 0 Å². The number of benzene rings is 1. The van der Waals surface area contributed by atoms with Gasteiger partial charge in [-0.05, 0) is 35.8 Å². The SMILES string of the molecule is C#C.CC.CC(=O)NN1CN=C(CC2=CC=C(C(C)(C)C)CC=C2)NC1=NC1CCN(Cc2ccccc2)CC1. The molecule has 4 rings (SSSR count). The molecule has 1 aromatic carbocycles. The molecule has 1 fully saturated rings. The summed E-state index contributed by atoms with van der Waals surface area (Å²) in [5, 5.41) is 5.14. The molecule has 0 unspecified atom stereocenters. The highest BCUT2D eigenvalue weighted by Crippen LogP contribution is 2.30. The average Bonchev–Trinajstić information content (AvgIpc) is 3.20. The van der Waals surface area contributed by atoms with Gasteiger partial charge in [0.15, 0.2) is 0 Å². The van der Waals surface area contributed by atoms with Gasteiger partial charge < -0.3 is 5.32 Å². The fraction of sp³-hybridized carbons (Fsp3) is 0.485. The predicted molar refractivity (Wildman–Crippen MR) is 169 cm³/mol. The summed E-state index contributed by atoms with van der Waals surface area (Å²) in [5.41, 5.74) is 7.00. The molecule has 216 valence electrons. The Morgan fingerprint density at radius 2 is 1.80 bits per heavy atom. The van der Waals surface area contributed by atoms with Gasteiger partial charge in [-0.25, -0.2) is 15.0 Å². The molecule has 1 amide bonds. The molecule has 0 aromatic heterocycles. The summed E-state index contributed by atoms with van der Waals surface area (Å²) < 4.78 is 0. The van der Waals surface area contributed by atoms with Crippen LogP contribution in [-0.4, -0.2) is 53.4 Å². The Morgan fingerprint density at radius 1 is 1.12 bits per heavy atom. The molecule has 0 atom stereocenters. The van der Waals surface area contributed by atoms with Crippen LogP contribution < -0.4 is 10.7 Å². The first-order valence-electron chi connectivity index (χ1n) is 14.4. The number of hydrogen-bond donors (Lipinski definition) is 2. The fourth-order valence-electron chi connectivity index (χ4n) is 4.70. The number of likely N-dealkylation sites (tertiary alicyclic amines) is 1. The van der Waals surface area contributed by atoms with Crippen molar-refractivity contribution in [1.29, 1.82) is 0 Å². The van der Waals surface area contributed by atoms with Gasteiger partial charge in [-0.15, -0.1) is 12.8 Å². The lowest BCUT2D eigenvalue weighted by Gasteiger charge is -2.33. The molecule has 40 heavy (non-hydrogen) atoms. The normalized spacial score (nSPS) is 18.9. The number of hydrogen-bond acceptors (Lipinski definition) is 4. The topological polar surface area (TPSA) is 72.3 Å². The molecule has 7 nitrogen and oxygen atoms in total. The lowest BCUT2D eigenvalue weighted by atomic mass is 9.84. The van der Waals surface area contributed by atoms with E-state index in [0.717, 1.165) is 44.7 Å². The largest absolute Gasteiger partial charge is 0.313 e. The number of carbonyl (C=O) groups is 1. The maximum absolute atomic E-state index is 11.8. The van der Waals surface area contributed by atoms with Crippen LogP contribution in [0.2, 0.25) is 0 Å². The molecule has 1 saturated heterocycles. The van der Waals surface area contributed by atoms with Crippen molar-refractivity contribution >= 4 is 17.7 Å². The van der Waals surface area contributed by atoms with Gasteiger partial charge in [0.2, 0.25) is 11.9 Å². The standard InChI is InChI=1S/C29H40N6O.C2H6.C2H2/c1-22(36)33-35-21-30-27(19-23-11-8-12-25(14-13-23)29(2,3)4)32-28(35)31-26-15-17-34(18-16-26)20-24-9-6-5-7-10-24;2*1-2/h5-11,13-14,26H,12,15-21H2,1-4H3,(H,33,36)(H,30,31,32);1-2H3;1-2H. The molecule has 0 radical (unpaired) electrons. The summed E-state index contributed by atoms with van der Waals surface area (Å²) in [4.78, 5) is 24.0. The molecule has 7 heteroatoms. The Kier molecular flexibility index (Phi) is 13.4. The lowest BCUT2D eigenvalue weighted by molar-refractivity contribution is -0.122. The third-order valence-electron chi connectivity index (χ3n) is 6.82. The highest BCUT2D eigenvalue weighted by molar-refractivity contribution is 6.02.